The highest BCUT2D eigenvalue weighted by Crippen LogP contribution is 2.22. The molecule has 0 aliphatic rings. The number of nitrogens with zero attached hydrogens (tertiary/aromatic N) is 1. The van der Waals surface area contributed by atoms with Gasteiger partial charge >= 0.3 is 0 Å². The van der Waals surface area contributed by atoms with Crippen LogP contribution >= 0.6 is 11.3 Å². The smallest absolute Gasteiger partial charge is 0.0578 e. The molecule has 0 fully saturated rings. The van der Waals surface area contributed by atoms with Crippen LogP contribution in [0.15, 0.2) is 35.8 Å². The van der Waals surface area contributed by atoms with E-state index in [4.69, 9.17) is 0 Å². The summed E-state index contributed by atoms with van der Waals surface area (Å²) in [4.78, 5) is 5.60. The Morgan fingerprint density at radius 1 is 1.33 bits per heavy atom. The molecule has 0 saturated heterocycles. The van der Waals surface area contributed by atoms with E-state index >= 15 is 0 Å². The van der Waals surface area contributed by atoms with Gasteiger partial charge < -0.3 is 5.32 Å². The molecule has 2 heterocycles. The van der Waals surface area contributed by atoms with Crippen molar-refractivity contribution < 1.29 is 0 Å². The fourth-order valence-electron chi connectivity index (χ4n) is 1.41. The summed E-state index contributed by atoms with van der Waals surface area (Å²) in [6, 6.07) is 8.64. The molecule has 1 atom stereocenters. The minimum absolute atomic E-state index is 0.342. The second kappa shape index (κ2) is 4.45. The zero-order valence-electron chi connectivity index (χ0n) is 8.90. The molecule has 0 amide bonds. The average molecular weight is 218 g/mol. The lowest BCUT2D eigenvalue weighted by Crippen LogP contribution is -2.04. The zero-order valence-corrected chi connectivity index (χ0v) is 9.71. The molecular weight excluding hydrogens is 204 g/mol. The van der Waals surface area contributed by atoms with Crippen LogP contribution in [0.1, 0.15) is 23.5 Å². The van der Waals surface area contributed by atoms with Crippen LogP contribution in [-0.4, -0.2) is 4.98 Å². The Bertz CT molecular complexity index is 406. The lowest BCUT2D eigenvalue weighted by molar-refractivity contribution is 0.905. The predicted molar refractivity (Wildman–Crippen MR) is 65.3 cm³/mol. The van der Waals surface area contributed by atoms with E-state index < -0.39 is 0 Å². The molecule has 2 nitrogen and oxygen atoms in total. The predicted octanol–water partition coefficient (Wildman–Crippen LogP) is 3.62. The average Bonchev–Trinajstić information content (AvgIpc) is 2.74. The van der Waals surface area contributed by atoms with Crippen molar-refractivity contribution in [1.82, 2.24) is 4.98 Å². The fourth-order valence-corrected chi connectivity index (χ4v) is 2.15. The van der Waals surface area contributed by atoms with E-state index in [9.17, 15) is 0 Å². The van der Waals surface area contributed by atoms with Gasteiger partial charge in [0.15, 0.2) is 0 Å². The minimum atomic E-state index is 0.342. The fraction of sp³-hybridized carbons (Fsp3) is 0.250. The third-order valence-corrected chi connectivity index (χ3v) is 3.32. The SMILES string of the molecule is Cc1ccc(NC(C)c2cccs2)cn1. The molecule has 78 valence electrons. The molecule has 0 radical (unpaired) electrons. The summed E-state index contributed by atoms with van der Waals surface area (Å²) in [6.07, 6.45) is 1.87. The van der Waals surface area contributed by atoms with Gasteiger partial charge in [-0.2, -0.15) is 0 Å². The van der Waals surface area contributed by atoms with E-state index in [0.717, 1.165) is 11.4 Å². The molecule has 3 heteroatoms. The molecule has 0 saturated carbocycles. The van der Waals surface area contributed by atoms with Crippen LogP contribution in [0, 0.1) is 6.92 Å². The summed E-state index contributed by atoms with van der Waals surface area (Å²) in [6.45, 7) is 4.15. The Morgan fingerprint density at radius 2 is 2.20 bits per heavy atom. The highest BCUT2D eigenvalue weighted by molar-refractivity contribution is 7.10. The van der Waals surface area contributed by atoms with Gasteiger partial charge in [-0.25, -0.2) is 0 Å². The third-order valence-electron chi connectivity index (χ3n) is 2.26. The van der Waals surface area contributed by atoms with Gasteiger partial charge in [-0.05, 0) is 37.4 Å². The minimum Gasteiger partial charge on any atom is -0.376 e. The highest BCUT2D eigenvalue weighted by atomic mass is 32.1. The van der Waals surface area contributed by atoms with Crippen LogP contribution in [0.25, 0.3) is 0 Å². The molecule has 1 N–H and O–H groups in total. The second-order valence-electron chi connectivity index (χ2n) is 3.57. The first-order valence-electron chi connectivity index (χ1n) is 4.98. The maximum absolute atomic E-state index is 4.25. The van der Waals surface area contributed by atoms with E-state index in [2.05, 4.69) is 40.8 Å². The van der Waals surface area contributed by atoms with Crippen molar-refractivity contribution in [3.8, 4) is 0 Å². The van der Waals surface area contributed by atoms with Crippen LogP contribution in [0.5, 0.6) is 0 Å². The number of hydrogen-bond acceptors (Lipinski definition) is 3. The number of hydrogen-bond donors (Lipinski definition) is 1. The molecule has 0 bridgehead atoms. The van der Waals surface area contributed by atoms with Crippen molar-refractivity contribution in [2.24, 2.45) is 0 Å². The van der Waals surface area contributed by atoms with E-state index in [-0.39, 0.29) is 0 Å². The molecule has 1 unspecified atom stereocenters. The summed E-state index contributed by atoms with van der Waals surface area (Å²) >= 11 is 1.77. The first kappa shape index (κ1) is 10.2. The summed E-state index contributed by atoms with van der Waals surface area (Å²) in [5, 5.41) is 5.52. The summed E-state index contributed by atoms with van der Waals surface area (Å²) < 4.78 is 0. The van der Waals surface area contributed by atoms with Crippen LogP contribution in [-0.2, 0) is 0 Å². The molecule has 2 aromatic rings. The number of pyridine rings is 1. The molecular formula is C12H14N2S. The van der Waals surface area contributed by atoms with Crippen LogP contribution in [0.2, 0.25) is 0 Å². The van der Waals surface area contributed by atoms with Crippen LogP contribution < -0.4 is 5.32 Å². The Kier molecular flexibility index (Phi) is 3.02. The van der Waals surface area contributed by atoms with Gasteiger partial charge in [-0.1, -0.05) is 6.07 Å². The van der Waals surface area contributed by atoms with Gasteiger partial charge in [0.25, 0.3) is 0 Å². The van der Waals surface area contributed by atoms with E-state index in [1.165, 1.54) is 4.88 Å². The maximum Gasteiger partial charge on any atom is 0.0578 e. The Balaban J connectivity index is 2.06. The molecule has 0 aliphatic carbocycles. The van der Waals surface area contributed by atoms with Crippen molar-refractivity contribution in [3.05, 3.63) is 46.4 Å². The van der Waals surface area contributed by atoms with Crippen LogP contribution in [0.3, 0.4) is 0 Å². The van der Waals surface area contributed by atoms with Crippen molar-refractivity contribution >= 4 is 17.0 Å². The summed E-state index contributed by atoms with van der Waals surface area (Å²) in [5.41, 5.74) is 2.12. The van der Waals surface area contributed by atoms with Crippen molar-refractivity contribution in [1.29, 1.82) is 0 Å². The van der Waals surface area contributed by atoms with Crippen molar-refractivity contribution in [2.45, 2.75) is 19.9 Å². The van der Waals surface area contributed by atoms with Gasteiger partial charge in [-0.15, -0.1) is 11.3 Å². The van der Waals surface area contributed by atoms with E-state index in [1.54, 1.807) is 11.3 Å². The molecule has 0 aromatic carbocycles. The van der Waals surface area contributed by atoms with Crippen molar-refractivity contribution in [2.75, 3.05) is 5.32 Å². The highest BCUT2D eigenvalue weighted by Gasteiger charge is 2.05. The molecule has 2 aromatic heterocycles. The normalized spacial score (nSPS) is 12.4. The quantitative estimate of drug-likeness (QED) is 0.851. The first-order chi connectivity index (χ1) is 7.25. The molecule has 2 rings (SSSR count). The monoisotopic (exact) mass is 218 g/mol. The first-order valence-corrected chi connectivity index (χ1v) is 5.86. The topological polar surface area (TPSA) is 24.9 Å². The standard InChI is InChI=1S/C12H14N2S/c1-9-5-6-11(8-13-9)14-10(2)12-4-3-7-15-12/h3-8,10,14H,1-2H3. The van der Waals surface area contributed by atoms with E-state index in [0.29, 0.717) is 6.04 Å². The number of thiophene rings is 1. The molecule has 15 heavy (non-hydrogen) atoms. The Hall–Kier alpha value is -1.35. The van der Waals surface area contributed by atoms with Gasteiger partial charge in [0.1, 0.15) is 0 Å². The van der Waals surface area contributed by atoms with Gasteiger partial charge in [-0.3, -0.25) is 4.98 Å². The Morgan fingerprint density at radius 3 is 2.80 bits per heavy atom. The largest absolute Gasteiger partial charge is 0.376 e. The van der Waals surface area contributed by atoms with Crippen molar-refractivity contribution in [3.63, 3.8) is 0 Å². The lowest BCUT2D eigenvalue weighted by atomic mass is 10.2. The maximum atomic E-state index is 4.25. The summed E-state index contributed by atoms with van der Waals surface area (Å²) in [7, 11) is 0. The van der Waals surface area contributed by atoms with Gasteiger partial charge in [0, 0.05) is 10.6 Å². The second-order valence-corrected chi connectivity index (χ2v) is 4.55. The number of nitrogens with one attached hydrogen (secondary N) is 1. The number of aryl methyl sites for hydroxylation is 1. The number of aromatic nitrogens is 1. The zero-order chi connectivity index (χ0) is 10.7. The van der Waals surface area contributed by atoms with Crippen LogP contribution in [0.4, 0.5) is 5.69 Å². The summed E-state index contributed by atoms with van der Waals surface area (Å²) in [5.74, 6) is 0. The lowest BCUT2D eigenvalue weighted by Gasteiger charge is -2.13. The van der Waals surface area contributed by atoms with Gasteiger partial charge in [0.2, 0.25) is 0 Å². The number of anilines is 1. The molecule has 0 aliphatic heterocycles. The molecule has 0 spiro atoms. The third kappa shape index (κ3) is 2.57. The Labute approximate surface area is 94.0 Å². The number of rotatable bonds is 3. The van der Waals surface area contributed by atoms with Gasteiger partial charge in [0.05, 0.1) is 17.9 Å². The van der Waals surface area contributed by atoms with E-state index in [1.807, 2.05) is 19.2 Å².